The van der Waals surface area contributed by atoms with Gasteiger partial charge in [0.05, 0.1) is 18.5 Å². The van der Waals surface area contributed by atoms with Gasteiger partial charge in [-0.1, -0.05) is 60.8 Å². The highest BCUT2D eigenvalue weighted by Gasteiger charge is 2.47. The highest BCUT2D eigenvalue weighted by Crippen LogP contribution is 2.44. The normalized spacial score (nSPS) is 22.1. The van der Waals surface area contributed by atoms with Crippen molar-refractivity contribution < 1.29 is 19.4 Å². The number of aliphatic carboxylic acids is 1. The van der Waals surface area contributed by atoms with Gasteiger partial charge < -0.3 is 14.7 Å². The van der Waals surface area contributed by atoms with Crippen LogP contribution < -0.4 is 0 Å². The number of carboxylic acid groups (broad SMARTS) is 1. The summed E-state index contributed by atoms with van der Waals surface area (Å²) in [5, 5.41) is 20.2. The van der Waals surface area contributed by atoms with Crippen LogP contribution in [0.15, 0.2) is 48.5 Å². The molecule has 8 heteroatoms. The third-order valence-electron chi connectivity index (χ3n) is 5.22. The molecule has 1 saturated heterocycles. The van der Waals surface area contributed by atoms with Gasteiger partial charge in [0, 0.05) is 10.0 Å². The largest absolute Gasteiger partial charge is 0.481 e. The van der Waals surface area contributed by atoms with Crippen LogP contribution in [0.4, 0.5) is 0 Å². The lowest BCUT2D eigenvalue weighted by molar-refractivity contribution is -0.181. The molecule has 1 amide bonds. The van der Waals surface area contributed by atoms with Gasteiger partial charge in [-0.25, -0.2) is 0 Å². The second-order valence-electron chi connectivity index (χ2n) is 7.37. The zero-order valence-corrected chi connectivity index (χ0v) is 18.4. The van der Waals surface area contributed by atoms with Crippen molar-refractivity contribution in [2.45, 2.75) is 50.5 Å². The third-order valence-corrected chi connectivity index (χ3v) is 5.71. The summed E-state index contributed by atoms with van der Waals surface area (Å²) in [5.74, 6) is -1.67. The van der Waals surface area contributed by atoms with Gasteiger partial charge in [-0.05, 0) is 41.8 Å². The lowest BCUT2D eigenvalue weighted by Gasteiger charge is -2.46. The fourth-order valence-electron chi connectivity index (χ4n) is 3.88. The summed E-state index contributed by atoms with van der Waals surface area (Å²) in [5.41, 5.74) is 1.42. The Balaban J connectivity index is 2.18. The Hall–Kier alpha value is -2.59. The maximum Gasteiger partial charge on any atom is 0.306 e. The van der Waals surface area contributed by atoms with Crippen LogP contribution in [0.2, 0.25) is 10.0 Å². The number of nitriles is 1. The summed E-state index contributed by atoms with van der Waals surface area (Å²) in [6, 6.07) is 14.8. The number of ether oxygens (including phenoxy) is 1. The fraction of sp³-hybridized carbons (Fsp3) is 0.348. The first-order valence-electron chi connectivity index (χ1n) is 9.95. The Kier molecular flexibility index (Phi) is 7.55. The topological polar surface area (TPSA) is 90.6 Å². The quantitative estimate of drug-likeness (QED) is 0.615. The molecule has 162 valence electrons. The molecule has 1 fully saturated rings. The first-order chi connectivity index (χ1) is 14.8. The molecule has 2 aromatic carbocycles. The molecule has 0 radical (unpaired) electrons. The van der Waals surface area contributed by atoms with Crippen molar-refractivity contribution in [1.82, 2.24) is 4.90 Å². The first-order valence-corrected chi connectivity index (χ1v) is 10.7. The van der Waals surface area contributed by atoms with Gasteiger partial charge in [-0.3, -0.25) is 9.59 Å². The van der Waals surface area contributed by atoms with Crippen molar-refractivity contribution in [3.8, 4) is 6.07 Å². The number of carbonyl (C=O) groups excluding carboxylic acids is 1. The number of hydrogen-bond acceptors (Lipinski definition) is 4. The van der Waals surface area contributed by atoms with E-state index in [1.165, 1.54) is 4.90 Å². The van der Waals surface area contributed by atoms with E-state index in [1.807, 2.05) is 13.0 Å². The number of nitrogens with zero attached hydrogens (tertiary/aromatic N) is 2. The zero-order valence-electron chi connectivity index (χ0n) is 16.9. The second-order valence-corrected chi connectivity index (χ2v) is 8.25. The molecule has 0 aromatic heterocycles. The Morgan fingerprint density at radius 1 is 1.19 bits per heavy atom. The minimum Gasteiger partial charge on any atom is -0.481 e. The molecule has 0 saturated carbocycles. The van der Waals surface area contributed by atoms with Gasteiger partial charge in [0.25, 0.3) is 5.91 Å². The lowest BCUT2D eigenvalue weighted by atomic mass is 9.89. The molecule has 1 N–H and O–H groups in total. The predicted molar refractivity (Wildman–Crippen MR) is 117 cm³/mol. The van der Waals surface area contributed by atoms with Gasteiger partial charge in [0.2, 0.25) is 0 Å². The van der Waals surface area contributed by atoms with Crippen molar-refractivity contribution in [2.24, 2.45) is 0 Å². The summed E-state index contributed by atoms with van der Waals surface area (Å²) in [7, 11) is 0. The average Bonchev–Trinajstić information content (AvgIpc) is 2.74. The molecule has 0 unspecified atom stereocenters. The van der Waals surface area contributed by atoms with Gasteiger partial charge in [0.15, 0.2) is 0 Å². The Morgan fingerprint density at radius 3 is 2.48 bits per heavy atom. The van der Waals surface area contributed by atoms with E-state index in [4.69, 9.17) is 27.9 Å². The van der Waals surface area contributed by atoms with E-state index >= 15 is 0 Å². The molecular formula is C23H22Cl2N2O4. The number of carbonyl (C=O) groups is 2. The smallest absolute Gasteiger partial charge is 0.306 e. The molecule has 31 heavy (non-hydrogen) atoms. The van der Waals surface area contributed by atoms with E-state index in [2.05, 4.69) is 6.07 Å². The van der Waals surface area contributed by atoms with Gasteiger partial charge >= 0.3 is 5.97 Å². The summed E-state index contributed by atoms with van der Waals surface area (Å²) < 4.78 is 6.08. The van der Waals surface area contributed by atoms with Gasteiger partial charge in [-0.15, -0.1) is 0 Å². The van der Waals surface area contributed by atoms with Crippen LogP contribution in [0.25, 0.3) is 0 Å². The summed E-state index contributed by atoms with van der Waals surface area (Å²) in [6.07, 6.45) is -1.28. The number of hydrogen-bond donors (Lipinski definition) is 1. The maximum atomic E-state index is 13.4. The number of benzene rings is 2. The summed E-state index contributed by atoms with van der Waals surface area (Å²) in [4.78, 5) is 26.3. The maximum absolute atomic E-state index is 13.4. The van der Waals surface area contributed by atoms with Crippen molar-refractivity contribution in [3.05, 3.63) is 69.7 Å². The highest BCUT2D eigenvalue weighted by atomic mass is 35.5. The van der Waals surface area contributed by atoms with Gasteiger partial charge in [-0.2, -0.15) is 5.26 Å². The summed E-state index contributed by atoms with van der Waals surface area (Å²) in [6.45, 7) is 1.93. The van der Waals surface area contributed by atoms with Crippen molar-refractivity contribution in [2.75, 3.05) is 0 Å². The standard InChI is InChI=1S/C23H22Cl2N2O4/c1-2-4-18(13-26)27-21(14-7-9-16(24)10-8-14)22(15-5-3-6-17(25)11-15)31-19(23(27)30)12-20(28)29/h3,5-11,18-19,21-22H,2,4,12H2,1H3,(H,28,29)/t18-,19+,21-,22+/m0/s1. The molecular weight excluding hydrogens is 439 g/mol. The number of halogens is 2. The molecule has 0 aliphatic carbocycles. The molecule has 3 rings (SSSR count). The van der Waals surface area contributed by atoms with Crippen LogP contribution in [-0.2, 0) is 14.3 Å². The monoisotopic (exact) mass is 460 g/mol. The van der Waals surface area contributed by atoms with E-state index in [-0.39, 0.29) is 0 Å². The molecule has 4 atom stereocenters. The van der Waals surface area contributed by atoms with Crippen LogP contribution in [0, 0.1) is 11.3 Å². The predicted octanol–water partition coefficient (Wildman–Crippen LogP) is 5.17. The number of carboxylic acids is 1. The van der Waals surface area contributed by atoms with E-state index < -0.39 is 42.6 Å². The van der Waals surface area contributed by atoms with Gasteiger partial charge in [0.1, 0.15) is 18.2 Å². The first kappa shape index (κ1) is 23.1. The molecule has 1 heterocycles. The van der Waals surface area contributed by atoms with Crippen LogP contribution in [0.1, 0.15) is 49.5 Å². The van der Waals surface area contributed by atoms with Crippen LogP contribution in [0.5, 0.6) is 0 Å². The van der Waals surface area contributed by atoms with E-state index in [0.717, 1.165) is 5.56 Å². The second kappa shape index (κ2) is 10.1. The molecule has 2 aromatic rings. The number of morpholine rings is 1. The van der Waals surface area contributed by atoms with Crippen LogP contribution in [-0.4, -0.2) is 34.0 Å². The fourth-order valence-corrected chi connectivity index (χ4v) is 4.20. The molecule has 1 aliphatic rings. The number of rotatable bonds is 7. The average molecular weight is 461 g/mol. The Bertz CT molecular complexity index is 990. The zero-order chi connectivity index (χ0) is 22.5. The SMILES string of the molecule is CCC[C@@H](C#N)N1C(=O)[C@@H](CC(=O)O)O[C@H](c2cccc(Cl)c2)[C@@H]1c1ccc(Cl)cc1. The Morgan fingerprint density at radius 2 is 1.90 bits per heavy atom. The van der Waals surface area contributed by atoms with Crippen LogP contribution in [0.3, 0.4) is 0 Å². The molecule has 0 bridgehead atoms. The van der Waals surface area contributed by atoms with E-state index in [1.54, 1.807) is 42.5 Å². The molecule has 0 spiro atoms. The summed E-state index contributed by atoms with van der Waals surface area (Å²) >= 11 is 12.3. The number of amides is 1. The molecule has 6 nitrogen and oxygen atoms in total. The Labute approximate surface area is 190 Å². The minimum atomic E-state index is -1.21. The van der Waals surface area contributed by atoms with E-state index in [0.29, 0.717) is 28.5 Å². The third kappa shape index (κ3) is 5.19. The highest BCUT2D eigenvalue weighted by molar-refractivity contribution is 6.30. The van der Waals surface area contributed by atoms with Crippen molar-refractivity contribution >= 4 is 35.1 Å². The van der Waals surface area contributed by atoms with Crippen molar-refractivity contribution in [1.29, 1.82) is 5.26 Å². The molecule has 1 aliphatic heterocycles. The lowest BCUT2D eigenvalue weighted by Crippen LogP contribution is -2.55. The minimum absolute atomic E-state index is 0.453. The van der Waals surface area contributed by atoms with Crippen LogP contribution >= 0.6 is 23.2 Å². The van der Waals surface area contributed by atoms with Crippen molar-refractivity contribution in [3.63, 3.8) is 0 Å². The van der Waals surface area contributed by atoms with E-state index in [9.17, 15) is 20.0 Å².